The number of nitrogens with one attached hydrogen (secondary N) is 2. The van der Waals surface area contributed by atoms with Crippen LogP contribution in [-0.2, 0) is 4.79 Å². The van der Waals surface area contributed by atoms with Crippen molar-refractivity contribution < 1.29 is 4.79 Å². The molecular weight excluding hydrogens is 190 g/mol. The van der Waals surface area contributed by atoms with Crippen LogP contribution in [0.15, 0.2) is 0 Å². The molecule has 0 aliphatic carbocycles. The lowest BCUT2D eigenvalue weighted by atomic mass is 10.0. The average molecular weight is 213 g/mol. The zero-order valence-corrected chi connectivity index (χ0v) is 10.0. The molecule has 1 amide bonds. The van der Waals surface area contributed by atoms with Crippen LogP contribution in [0, 0.1) is 0 Å². The first-order valence-electron chi connectivity index (χ1n) is 5.79. The largest absolute Gasteiger partial charge is 0.353 e. The highest BCUT2D eigenvalue weighted by Crippen LogP contribution is 2.06. The number of likely N-dealkylation sites (N-methyl/N-ethyl adjacent to an activating group) is 1. The fraction of sp³-hybridized carbons (Fsp3) is 0.909. The molecule has 88 valence electrons. The van der Waals surface area contributed by atoms with Crippen LogP contribution in [0.25, 0.3) is 0 Å². The molecule has 1 fully saturated rings. The Labute approximate surface area is 92.4 Å². The van der Waals surface area contributed by atoms with Crippen LogP contribution in [0.3, 0.4) is 0 Å². The van der Waals surface area contributed by atoms with Crippen molar-refractivity contribution in [3.63, 3.8) is 0 Å². The van der Waals surface area contributed by atoms with E-state index in [1.54, 1.807) is 0 Å². The molecule has 0 spiro atoms. The van der Waals surface area contributed by atoms with Gasteiger partial charge in [-0.2, -0.15) is 0 Å². The number of carbonyl (C=O) groups is 1. The predicted molar refractivity (Wildman–Crippen MR) is 61.8 cm³/mol. The van der Waals surface area contributed by atoms with Crippen LogP contribution in [0.1, 0.15) is 26.2 Å². The van der Waals surface area contributed by atoms with E-state index in [-0.39, 0.29) is 11.9 Å². The molecule has 1 rings (SSSR count). The molecule has 2 unspecified atom stereocenters. The van der Waals surface area contributed by atoms with Crippen molar-refractivity contribution in [2.75, 3.05) is 27.2 Å². The standard InChI is InChI=1S/C11H23N3O/c1-9(14(2)3)8-13-11(15)10-6-4-5-7-12-10/h9-10,12H,4-8H2,1-3H3,(H,13,15). The van der Waals surface area contributed by atoms with E-state index in [2.05, 4.69) is 22.5 Å². The summed E-state index contributed by atoms with van der Waals surface area (Å²) in [5, 5.41) is 6.24. The quantitative estimate of drug-likeness (QED) is 0.701. The SMILES string of the molecule is CC(CNC(=O)C1CCCCN1)N(C)C. The van der Waals surface area contributed by atoms with Gasteiger partial charge in [0.15, 0.2) is 0 Å². The fourth-order valence-corrected chi connectivity index (χ4v) is 1.63. The Morgan fingerprint density at radius 1 is 1.53 bits per heavy atom. The number of carbonyl (C=O) groups excluding carboxylic acids is 1. The minimum Gasteiger partial charge on any atom is -0.353 e. The lowest BCUT2D eigenvalue weighted by molar-refractivity contribution is -0.123. The topological polar surface area (TPSA) is 44.4 Å². The molecule has 2 atom stereocenters. The Morgan fingerprint density at radius 2 is 2.27 bits per heavy atom. The van der Waals surface area contributed by atoms with Gasteiger partial charge in [0, 0.05) is 12.6 Å². The van der Waals surface area contributed by atoms with Gasteiger partial charge in [-0.1, -0.05) is 6.42 Å². The van der Waals surface area contributed by atoms with E-state index in [1.165, 1.54) is 6.42 Å². The van der Waals surface area contributed by atoms with Gasteiger partial charge in [-0.25, -0.2) is 0 Å². The Hall–Kier alpha value is -0.610. The molecule has 1 saturated heterocycles. The molecule has 4 heteroatoms. The van der Waals surface area contributed by atoms with Gasteiger partial charge in [0.1, 0.15) is 0 Å². The third-order valence-electron chi connectivity index (χ3n) is 3.08. The van der Waals surface area contributed by atoms with Crippen LogP contribution in [0.2, 0.25) is 0 Å². The summed E-state index contributed by atoms with van der Waals surface area (Å²) in [5.74, 6) is 0.156. The third kappa shape index (κ3) is 4.18. The second-order valence-electron chi connectivity index (χ2n) is 4.56. The smallest absolute Gasteiger partial charge is 0.237 e. The van der Waals surface area contributed by atoms with E-state index in [9.17, 15) is 4.79 Å². The number of piperidine rings is 1. The van der Waals surface area contributed by atoms with Crippen molar-refractivity contribution in [2.24, 2.45) is 0 Å². The highest BCUT2D eigenvalue weighted by atomic mass is 16.2. The van der Waals surface area contributed by atoms with Crippen molar-refractivity contribution in [2.45, 2.75) is 38.3 Å². The van der Waals surface area contributed by atoms with Crippen molar-refractivity contribution in [3.8, 4) is 0 Å². The van der Waals surface area contributed by atoms with Crippen LogP contribution in [0.4, 0.5) is 0 Å². The van der Waals surface area contributed by atoms with Crippen LogP contribution < -0.4 is 10.6 Å². The minimum atomic E-state index is 0.0353. The van der Waals surface area contributed by atoms with Gasteiger partial charge in [0.05, 0.1) is 6.04 Å². The molecule has 2 N–H and O–H groups in total. The molecule has 0 radical (unpaired) electrons. The van der Waals surface area contributed by atoms with E-state index < -0.39 is 0 Å². The number of rotatable bonds is 4. The van der Waals surface area contributed by atoms with Gasteiger partial charge in [-0.15, -0.1) is 0 Å². The van der Waals surface area contributed by atoms with Gasteiger partial charge in [-0.3, -0.25) is 4.79 Å². The minimum absolute atomic E-state index is 0.0353. The monoisotopic (exact) mass is 213 g/mol. The number of hydrogen-bond acceptors (Lipinski definition) is 3. The van der Waals surface area contributed by atoms with Crippen LogP contribution >= 0.6 is 0 Å². The van der Waals surface area contributed by atoms with Gasteiger partial charge in [-0.05, 0) is 40.4 Å². The lowest BCUT2D eigenvalue weighted by Crippen LogP contribution is -2.49. The van der Waals surface area contributed by atoms with E-state index in [0.717, 1.165) is 25.9 Å². The second-order valence-corrected chi connectivity index (χ2v) is 4.56. The third-order valence-corrected chi connectivity index (χ3v) is 3.08. The molecule has 1 heterocycles. The highest BCUT2D eigenvalue weighted by Gasteiger charge is 2.20. The number of hydrogen-bond donors (Lipinski definition) is 2. The molecule has 15 heavy (non-hydrogen) atoms. The summed E-state index contributed by atoms with van der Waals surface area (Å²) in [4.78, 5) is 13.8. The summed E-state index contributed by atoms with van der Waals surface area (Å²) >= 11 is 0. The molecule has 0 saturated carbocycles. The van der Waals surface area contributed by atoms with Gasteiger partial charge in [0.25, 0.3) is 0 Å². The molecule has 4 nitrogen and oxygen atoms in total. The molecule has 0 aromatic rings. The number of amides is 1. The first kappa shape index (κ1) is 12.5. The van der Waals surface area contributed by atoms with Crippen molar-refractivity contribution >= 4 is 5.91 Å². The molecule has 0 bridgehead atoms. The zero-order chi connectivity index (χ0) is 11.3. The van der Waals surface area contributed by atoms with E-state index >= 15 is 0 Å². The van der Waals surface area contributed by atoms with Gasteiger partial charge >= 0.3 is 0 Å². The van der Waals surface area contributed by atoms with E-state index in [4.69, 9.17) is 0 Å². The molecule has 1 aliphatic heterocycles. The molecule has 1 aliphatic rings. The van der Waals surface area contributed by atoms with Gasteiger partial charge in [0.2, 0.25) is 5.91 Å². The summed E-state index contributed by atoms with van der Waals surface area (Å²) in [6, 6.07) is 0.422. The average Bonchev–Trinajstić information content (AvgIpc) is 2.26. The maximum atomic E-state index is 11.7. The summed E-state index contributed by atoms with van der Waals surface area (Å²) in [5.41, 5.74) is 0. The van der Waals surface area contributed by atoms with E-state index in [0.29, 0.717) is 6.04 Å². The second kappa shape index (κ2) is 6.08. The van der Waals surface area contributed by atoms with E-state index in [1.807, 2.05) is 14.1 Å². The van der Waals surface area contributed by atoms with Crippen LogP contribution in [-0.4, -0.2) is 50.1 Å². The highest BCUT2D eigenvalue weighted by molar-refractivity contribution is 5.81. The summed E-state index contributed by atoms with van der Waals surface area (Å²) in [6.45, 7) is 3.81. The van der Waals surface area contributed by atoms with Gasteiger partial charge < -0.3 is 15.5 Å². The van der Waals surface area contributed by atoms with Crippen molar-refractivity contribution in [1.29, 1.82) is 0 Å². The first-order valence-corrected chi connectivity index (χ1v) is 5.79. The summed E-state index contributed by atoms with van der Waals surface area (Å²) in [6.07, 6.45) is 3.33. The molecule has 0 aromatic heterocycles. The maximum Gasteiger partial charge on any atom is 0.237 e. The number of nitrogens with zero attached hydrogens (tertiary/aromatic N) is 1. The fourth-order valence-electron chi connectivity index (χ4n) is 1.63. The van der Waals surface area contributed by atoms with Crippen molar-refractivity contribution in [3.05, 3.63) is 0 Å². The molecular formula is C11H23N3O. The summed E-state index contributed by atoms with van der Waals surface area (Å²) < 4.78 is 0. The maximum absolute atomic E-state index is 11.7. The first-order chi connectivity index (χ1) is 7.11. The predicted octanol–water partition coefficient (Wildman–Crippen LogP) is 0.195. The van der Waals surface area contributed by atoms with Crippen LogP contribution in [0.5, 0.6) is 0 Å². The zero-order valence-electron chi connectivity index (χ0n) is 10.0. The lowest BCUT2D eigenvalue weighted by Gasteiger charge is -2.25. The Kier molecular flexibility index (Phi) is 5.05. The summed E-state index contributed by atoms with van der Waals surface area (Å²) in [7, 11) is 4.05. The Morgan fingerprint density at radius 3 is 2.80 bits per heavy atom. The normalized spacial score (nSPS) is 23.9. The van der Waals surface area contributed by atoms with Crippen molar-refractivity contribution in [1.82, 2.24) is 15.5 Å². The Bertz CT molecular complexity index is 200. The molecule has 0 aromatic carbocycles. The Balaban J connectivity index is 2.22.